The lowest BCUT2D eigenvalue weighted by molar-refractivity contribution is -0.133. The summed E-state index contributed by atoms with van der Waals surface area (Å²) >= 11 is 2.89. The topological polar surface area (TPSA) is 118 Å². The maximum atomic E-state index is 12.9. The van der Waals surface area contributed by atoms with Gasteiger partial charge in [0.15, 0.2) is 0 Å². The number of benzene rings is 1. The van der Waals surface area contributed by atoms with Gasteiger partial charge in [0.1, 0.15) is 11.7 Å². The Kier molecular flexibility index (Phi) is 4.34. The van der Waals surface area contributed by atoms with E-state index in [1.807, 2.05) is 24.3 Å². The second kappa shape index (κ2) is 6.88. The van der Waals surface area contributed by atoms with Crippen molar-refractivity contribution in [3.63, 3.8) is 0 Å². The molecule has 28 heavy (non-hydrogen) atoms. The van der Waals surface area contributed by atoms with Crippen molar-refractivity contribution in [3.8, 4) is 0 Å². The highest BCUT2D eigenvalue weighted by Crippen LogP contribution is 2.33. The van der Waals surface area contributed by atoms with Crippen LogP contribution in [0.15, 0.2) is 29.4 Å². The number of carbonyl (C=O) groups excluding carboxylic acids is 2. The standard InChI is InChI=1S/C16H16N8O2S2/c1-23-16(19-21-22-23)27-7-8-6-10(25)12-13(17-8)20-24(14(12)26)15-18-9-4-2-3-5-11(9)28-15/h2-5,8,12-13,17,20H,6-7H2,1H3. The number of amides is 1. The molecule has 2 saturated heterocycles. The molecule has 1 amide bonds. The molecule has 2 aliphatic rings. The summed E-state index contributed by atoms with van der Waals surface area (Å²) in [6.07, 6.45) is -0.149. The van der Waals surface area contributed by atoms with E-state index in [0.717, 1.165) is 10.2 Å². The minimum Gasteiger partial charge on any atom is -0.299 e. The molecule has 10 nitrogen and oxygen atoms in total. The van der Waals surface area contributed by atoms with Gasteiger partial charge in [-0.15, -0.1) is 5.10 Å². The fourth-order valence-corrected chi connectivity index (χ4v) is 5.25. The first-order valence-electron chi connectivity index (χ1n) is 8.70. The van der Waals surface area contributed by atoms with Crippen LogP contribution in [0.5, 0.6) is 0 Å². The van der Waals surface area contributed by atoms with Crippen LogP contribution in [0.3, 0.4) is 0 Å². The number of aryl methyl sites for hydroxylation is 1. The normalized spacial score (nSPS) is 24.9. The minimum atomic E-state index is -0.732. The monoisotopic (exact) mass is 416 g/mol. The summed E-state index contributed by atoms with van der Waals surface area (Å²) in [5.74, 6) is -0.429. The molecule has 0 bridgehead atoms. The van der Waals surface area contributed by atoms with E-state index in [2.05, 4.69) is 31.3 Å². The minimum absolute atomic E-state index is 0.0634. The summed E-state index contributed by atoms with van der Waals surface area (Å²) in [6.45, 7) is 0. The molecule has 0 saturated carbocycles. The molecule has 2 aliphatic heterocycles. The number of thiazole rings is 1. The van der Waals surface area contributed by atoms with Gasteiger partial charge in [0.05, 0.1) is 16.4 Å². The SMILES string of the molecule is Cn1nnnc1SCC1CC(=O)C2C(=O)N(c3nc4ccccc4s3)NC2N1. The largest absolute Gasteiger partial charge is 0.299 e. The Hall–Kier alpha value is -2.41. The van der Waals surface area contributed by atoms with Crippen LogP contribution in [0.4, 0.5) is 5.13 Å². The van der Waals surface area contributed by atoms with Crippen LogP contribution >= 0.6 is 23.1 Å². The average Bonchev–Trinajstić information content (AvgIpc) is 3.37. The highest BCUT2D eigenvalue weighted by molar-refractivity contribution is 7.99. The summed E-state index contributed by atoms with van der Waals surface area (Å²) < 4.78 is 2.58. The molecule has 0 radical (unpaired) electrons. The molecule has 144 valence electrons. The average molecular weight is 416 g/mol. The number of nitrogens with one attached hydrogen (secondary N) is 2. The van der Waals surface area contributed by atoms with Crippen molar-refractivity contribution in [2.75, 3.05) is 10.8 Å². The third-order valence-corrected chi connectivity index (χ3v) is 6.96. The van der Waals surface area contributed by atoms with Crippen molar-refractivity contribution in [2.24, 2.45) is 13.0 Å². The number of hydrogen-bond donors (Lipinski definition) is 2. The maximum Gasteiger partial charge on any atom is 0.257 e. The van der Waals surface area contributed by atoms with Gasteiger partial charge in [-0.05, 0) is 22.6 Å². The molecular formula is C16H16N8O2S2. The first-order chi connectivity index (χ1) is 13.6. The lowest BCUT2D eigenvalue weighted by Crippen LogP contribution is -2.56. The number of nitrogens with zero attached hydrogens (tertiary/aromatic N) is 6. The summed E-state index contributed by atoms with van der Waals surface area (Å²) in [5, 5.41) is 17.4. The predicted molar refractivity (Wildman–Crippen MR) is 104 cm³/mol. The number of aromatic nitrogens is 5. The van der Waals surface area contributed by atoms with E-state index in [9.17, 15) is 9.59 Å². The second-order valence-electron chi connectivity index (χ2n) is 6.65. The van der Waals surface area contributed by atoms with Gasteiger partial charge in [0.2, 0.25) is 10.3 Å². The third-order valence-electron chi connectivity index (χ3n) is 4.77. The number of para-hydroxylation sites is 1. The van der Waals surface area contributed by atoms with E-state index in [1.165, 1.54) is 28.1 Å². The molecule has 2 fully saturated rings. The van der Waals surface area contributed by atoms with Crippen LogP contribution in [0.2, 0.25) is 0 Å². The molecule has 0 spiro atoms. The summed E-state index contributed by atoms with van der Waals surface area (Å²) in [7, 11) is 1.77. The van der Waals surface area contributed by atoms with Crippen molar-refractivity contribution in [1.82, 2.24) is 35.9 Å². The Bertz CT molecular complexity index is 1030. The van der Waals surface area contributed by atoms with Gasteiger partial charge in [0, 0.05) is 25.3 Å². The van der Waals surface area contributed by atoms with Crippen molar-refractivity contribution in [3.05, 3.63) is 24.3 Å². The first kappa shape index (κ1) is 17.7. The maximum absolute atomic E-state index is 12.9. The lowest BCUT2D eigenvalue weighted by Gasteiger charge is -2.29. The molecule has 3 aromatic rings. The van der Waals surface area contributed by atoms with Crippen LogP contribution in [0, 0.1) is 5.92 Å². The number of tetrazole rings is 1. The fraction of sp³-hybridized carbons (Fsp3) is 0.375. The van der Waals surface area contributed by atoms with E-state index >= 15 is 0 Å². The molecule has 0 aliphatic carbocycles. The molecule has 4 heterocycles. The van der Waals surface area contributed by atoms with Crippen molar-refractivity contribution in [2.45, 2.75) is 23.8 Å². The van der Waals surface area contributed by atoms with E-state index in [0.29, 0.717) is 22.5 Å². The van der Waals surface area contributed by atoms with Crippen LogP contribution in [-0.4, -0.2) is 54.8 Å². The van der Waals surface area contributed by atoms with Gasteiger partial charge < -0.3 is 0 Å². The fourth-order valence-electron chi connectivity index (χ4n) is 3.43. The van der Waals surface area contributed by atoms with Crippen LogP contribution in [-0.2, 0) is 16.6 Å². The molecule has 5 rings (SSSR count). The number of Topliss-reactive ketones (excluding diaryl/α,β-unsaturated/α-hetero) is 1. The predicted octanol–water partition coefficient (Wildman–Crippen LogP) is 0.337. The number of fused-ring (bicyclic) bond motifs is 2. The number of ketones is 1. The molecule has 2 N–H and O–H groups in total. The van der Waals surface area contributed by atoms with Crippen molar-refractivity contribution >= 4 is 50.1 Å². The highest BCUT2D eigenvalue weighted by atomic mass is 32.2. The van der Waals surface area contributed by atoms with E-state index in [-0.39, 0.29) is 17.7 Å². The number of piperidine rings is 1. The number of rotatable bonds is 4. The Morgan fingerprint density at radius 3 is 2.96 bits per heavy atom. The Morgan fingerprint density at radius 2 is 2.18 bits per heavy atom. The molecular weight excluding hydrogens is 400 g/mol. The zero-order valence-corrected chi connectivity index (χ0v) is 16.4. The third kappa shape index (κ3) is 2.98. The Labute approximate surface area is 167 Å². The molecule has 2 aromatic heterocycles. The van der Waals surface area contributed by atoms with Gasteiger partial charge in [-0.1, -0.05) is 35.2 Å². The van der Waals surface area contributed by atoms with E-state index < -0.39 is 12.1 Å². The van der Waals surface area contributed by atoms with Crippen molar-refractivity contribution < 1.29 is 9.59 Å². The summed E-state index contributed by atoms with van der Waals surface area (Å²) in [6, 6.07) is 7.63. The number of thioether (sulfide) groups is 1. The van der Waals surface area contributed by atoms with E-state index in [4.69, 9.17) is 0 Å². The van der Waals surface area contributed by atoms with Crippen LogP contribution < -0.4 is 15.8 Å². The Balaban J connectivity index is 1.32. The van der Waals surface area contributed by atoms with Gasteiger partial charge in [-0.2, -0.15) is 0 Å². The zero-order chi connectivity index (χ0) is 19.3. The highest BCUT2D eigenvalue weighted by Gasteiger charge is 2.49. The first-order valence-corrected chi connectivity index (χ1v) is 10.5. The molecule has 1 aromatic carbocycles. The quantitative estimate of drug-likeness (QED) is 0.458. The molecule has 12 heteroatoms. The van der Waals surface area contributed by atoms with Crippen LogP contribution in [0.25, 0.3) is 10.2 Å². The zero-order valence-electron chi connectivity index (χ0n) is 14.8. The van der Waals surface area contributed by atoms with Crippen molar-refractivity contribution in [1.29, 1.82) is 0 Å². The summed E-state index contributed by atoms with van der Waals surface area (Å²) in [4.78, 5) is 30.1. The lowest BCUT2D eigenvalue weighted by atomic mass is 9.91. The number of hydrogen-bond acceptors (Lipinski definition) is 10. The number of carbonyl (C=O) groups is 2. The van der Waals surface area contributed by atoms with Crippen LogP contribution in [0.1, 0.15) is 6.42 Å². The van der Waals surface area contributed by atoms with Gasteiger partial charge >= 0.3 is 0 Å². The van der Waals surface area contributed by atoms with Gasteiger partial charge in [-0.3, -0.25) is 14.9 Å². The summed E-state index contributed by atoms with van der Waals surface area (Å²) in [5.41, 5.74) is 3.96. The smallest absolute Gasteiger partial charge is 0.257 e. The second-order valence-corrected chi connectivity index (χ2v) is 8.65. The molecule has 3 atom stereocenters. The number of anilines is 1. The molecule has 3 unspecified atom stereocenters. The van der Waals surface area contributed by atoms with E-state index in [1.54, 1.807) is 11.7 Å². The van der Waals surface area contributed by atoms with Gasteiger partial charge in [-0.25, -0.2) is 20.1 Å². The Morgan fingerprint density at radius 1 is 1.32 bits per heavy atom. The van der Waals surface area contributed by atoms with Gasteiger partial charge in [0.25, 0.3) is 5.91 Å². The number of hydrazine groups is 1.